The molecule has 0 spiro atoms. The third-order valence-corrected chi connectivity index (χ3v) is 4.83. The lowest BCUT2D eigenvalue weighted by molar-refractivity contribution is -0.142. The number of nitrogen functional groups attached to an aromatic ring is 1. The van der Waals surface area contributed by atoms with Gasteiger partial charge in [-0.2, -0.15) is 18.3 Å². The van der Waals surface area contributed by atoms with Gasteiger partial charge < -0.3 is 10.5 Å². The predicted octanol–water partition coefficient (Wildman–Crippen LogP) is 3.30. The van der Waals surface area contributed by atoms with Crippen LogP contribution in [0.3, 0.4) is 0 Å². The van der Waals surface area contributed by atoms with Crippen LogP contribution in [0.1, 0.15) is 35.7 Å². The Morgan fingerprint density at radius 1 is 1.23 bits per heavy atom. The number of aromatic nitrogens is 4. The molecule has 0 radical (unpaired) electrons. The van der Waals surface area contributed by atoms with Gasteiger partial charge >= 0.3 is 6.18 Å². The summed E-state index contributed by atoms with van der Waals surface area (Å²) in [7, 11) is 0. The molecule has 162 valence electrons. The molecule has 0 atom stereocenters. The third-order valence-electron chi connectivity index (χ3n) is 4.61. The standard InChI is InChI=1S/C19H15ClF3N5O3/c20-10-3-11(24)5-13(4-10)31-15-16(19(21,22)23)25-8-28(18(15)30)7-12-6-14(9-1-2-9)17(29)27-26-12/h3-6,8-9H,1-2,7,24H2,(H,27,29). The number of benzene rings is 1. The van der Waals surface area contributed by atoms with E-state index in [2.05, 4.69) is 15.2 Å². The first kappa shape index (κ1) is 20.9. The van der Waals surface area contributed by atoms with E-state index >= 15 is 0 Å². The Kier molecular flexibility index (Phi) is 5.21. The zero-order valence-electron chi connectivity index (χ0n) is 15.7. The maximum atomic E-state index is 13.4. The lowest BCUT2D eigenvalue weighted by Gasteiger charge is -2.15. The molecule has 0 aliphatic heterocycles. The quantitative estimate of drug-likeness (QED) is 0.573. The van der Waals surface area contributed by atoms with Crippen molar-refractivity contribution in [3.05, 3.63) is 73.3 Å². The Morgan fingerprint density at radius 3 is 2.61 bits per heavy atom. The molecular weight excluding hydrogens is 439 g/mol. The van der Waals surface area contributed by atoms with Gasteiger partial charge in [-0.05, 0) is 37.0 Å². The van der Waals surface area contributed by atoms with Gasteiger partial charge in [0.2, 0.25) is 5.75 Å². The van der Waals surface area contributed by atoms with Gasteiger partial charge in [0.25, 0.3) is 11.1 Å². The SMILES string of the molecule is Nc1cc(Cl)cc(Oc2c(C(F)(F)F)ncn(Cc3cc(C4CC4)c(=O)[nH]n3)c2=O)c1. The predicted molar refractivity (Wildman–Crippen MR) is 105 cm³/mol. The summed E-state index contributed by atoms with van der Waals surface area (Å²) < 4.78 is 46.5. The molecule has 1 aromatic carbocycles. The van der Waals surface area contributed by atoms with Gasteiger partial charge in [-0.1, -0.05) is 11.6 Å². The summed E-state index contributed by atoms with van der Waals surface area (Å²) in [6, 6.07) is 5.37. The summed E-state index contributed by atoms with van der Waals surface area (Å²) in [6.45, 7) is -0.214. The maximum absolute atomic E-state index is 13.4. The fraction of sp³-hybridized carbons (Fsp3) is 0.263. The highest BCUT2D eigenvalue weighted by Crippen LogP contribution is 2.38. The van der Waals surface area contributed by atoms with Gasteiger partial charge in [0.15, 0.2) is 5.69 Å². The molecule has 3 N–H and O–H groups in total. The van der Waals surface area contributed by atoms with Gasteiger partial charge in [-0.25, -0.2) is 10.1 Å². The summed E-state index contributed by atoms with van der Waals surface area (Å²) in [4.78, 5) is 28.1. The fourth-order valence-corrected chi connectivity index (χ4v) is 3.29. The number of nitrogens with two attached hydrogens (primary N) is 1. The Bertz CT molecular complexity index is 1250. The number of anilines is 1. The minimum absolute atomic E-state index is 0.123. The number of alkyl halides is 3. The van der Waals surface area contributed by atoms with Gasteiger partial charge in [0.1, 0.15) is 5.75 Å². The Hall–Kier alpha value is -3.34. The topological polar surface area (TPSA) is 116 Å². The number of hydrogen-bond donors (Lipinski definition) is 2. The number of ether oxygens (including phenoxy) is 1. The molecule has 0 amide bonds. The van der Waals surface area contributed by atoms with E-state index in [1.54, 1.807) is 6.07 Å². The summed E-state index contributed by atoms with van der Waals surface area (Å²) in [6.07, 6.45) is -2.44. The Labute approximate surface area is 177 Å². The Morgan fingerprint density at radius 2 is 1.97 bits per heavy atom. The van der Waals surface area contributed by atoms with Gasteiger partial charge in [0.05, 0.1) is 18.6 Å². The molecule has 31 heavy (non-hydrogen) atoms. The van der Waals surface area contributed by atoms with Crippen LogP contribution in [0.2, 0.25) is 5.02 Å². The summed E-state index contributed by atoms with van der Waals surface area (Å²) in [5.74, 6) is -1.05. The van der Waals surface area contributed by atoms with Crippen LogP contribution in [0.4, 0.5) is 18.9 Å². The Balaban J connectivity index is 1.75. The smallest absolute Gasteiger partial charge is 0.437 e. The molecule has 0 saturated heterocycles. The molecule has 1 saturated carbocycles. The van der Waals surface area contributed by atoms with Crippen molar-refractivity contribution in [2.24, 2.45) is 0 Å². The largest absolute Gasteiger partial charge is 0.449 e. The molecule has 1 fully saturated rings. The summed E-state index contributed by atoms with van der Waals surface area (Å²) in [5, 5.41) is 6.35. The minimum atomic E-state index is -4.94. The van der Waals surface area contributed by atoms with Gasteiger partial charge in [-0.3, -0.25) is 14.2 Å². The fourth-order valence-electron chi connectivity index (χ4n) is 3.06. The van der Waals surface area contributed by atoms with Crippen molar-refractivity contribution in [1.82, 2.24) is 19.7 Å². The monoisotopic (exact) mass is 453 g/mol. The minimum Gasteiger partial charge on any atom is -0.449 e. The van der Waals surface area contributed by atoms with E-state index in [0.717, 1.165) is 23.7 Å². The first-order chi connectivity index (χ1) is 14.6. The van der Waals surface area contributed by atoms with Crippen LogP contribution in [0.25, 0.3) is 0 Å². The number of nitrogens with zero attached hydrogens (tertiary/aromatic N) is 3. The van der Waals surface area contributed by atoms with E-state index in [1.165, 1.54) is 18.2 Å². The van der Waals surface area contributed by atoms with Crippen LogP contribution < -0.4 is 21.6 Å². The maximum Gasteiger partial charge on any atom is 0.437 e. The highest BCUT2D eigenvalue weighted by Gasteiger charge is 2.39. The van der Waals surface area contributed by atoms with Gasteiger partial charge in [0, 0.05) is 22.3 Å². The van der Waals surface area contributed by atoms with Crippen molar-refractivity contribution in [3.8, 4) is 11.5 Å². The highest BCUT2D eigenvalue weighted by molar-refractivity contribution is 6.31. The lowest BCUT2D eigenvalue weighted by Crippen LogP contribution is -2.27. The van der Waals surface area contributed by atoms with Crippen molar-refractivity contribution >= 4 is 17.3 Å². The molecule has 1 aliphatic rings. The van der Waals surface area contributed by atoms with Crippen molar-refractivity contribution < 1.29 is 17.9 Å². The molecule has 2 aromatic heterocycles. The molecule has 3 aromatic rings. The number of rotatable bonds is 5. The van der Waals surface area contributed by atoms with Crippen LogP contribution in [-0.2, 0) is 12.7 Å². The second-order valence-electron chi connectivity index (χ2n) is 7.09. The second-order valence-corrected chi connectivity index (χ2v) is 7.53. The van der Waals surface area contributed by atoms with Crippen molar-refractivity contribution in [3.63, 3.8) is 0 Å². The van der Waals surface area contributed by atoms with Crippen LogP contribution in [0.15, 0.2) is 40.2 Å². The van der Waals surface area contributed by atoms with E-state index in [-0.39, 0.29) is 34.5 Å². The lowest BCUT2D eigenvalue weighted by atomic mass is 10.2. The average molecular weight is 454 g/mol. The molecule has 2 heterocycles. The summed E-state index contributed by atoms with van der Waals surface area (Å²) >= 11 is 5.86. The van der Waals surface area contributed by atoms with E-state index in [0.29, 0.717) is 11.3 Å². The van der Waals surface area contributed by atoms with Crippen LogP contribution in [0.5, 0.6) is 11.5 Å². The number of halogens is 4. The van der Waals surface area contributed by atoms with E-state index < -0.39 is 23.2 Å². The molecule has 8 nitrogen and oxygen atoms in total. The normalized spacial score (nSPS) is 13.9. The van der Waals surface area contributed by atoms with Crippen LogP contribution in [0, 0.1) is 0 Å². The third kappa shape index (κ3) is 4.55. The second kappa shape index (κ2) is 7.73. The number of nitrogens with one attached hydrogen (secondary N) is 1. The highest BCUT2D eigenvalue weighted by atomic mass is 35.5. The van der Waals surface area contributed by atoms with E-state index in [1.807, 2.05) is 0 Å². The first-order valence-corrected chi connectivity index (χ1v) is 9.48. The number of H-pyrrole nitrogens is 1. The first-order valence-electron chi connectivity index (χ1n) is 9.11. The zero-order valence-corrected chi connectivity index (χ0v) is 16.5. The number of hydrogen-bond acceptors (Lipinski definition) is 6. The van der Waals surface area contributed by atoms with Crippen molar-refractivity contribution in [2.75, 3.05) is 5.73 Å². The van der Waals surface area contributed by atoms with Crippen molar-refractivity contribution in [2.45, 2.75) is 31.5 Å². The van der Waals surface area contributed by atoms with E-state index in [9.17, 15) is 22.8 Å². The summed E-state index contributed by atoms with van der Waals surface area (Å²) in [5.41, 5.74) is 3.72. The molecule has 0 bridgehead atoms. The number of aromatic amines is 1. The van der Waals surface area contributed by atoms with Crippen LogP contribution >= 0.6 is 11.6 Å². The van der Waals surface area contributed by atoms with Gasteiger partial charge in [-0.15, -0.1) is 0 Å². The van der Waals surface area contributed by atoms with E-state index in [4.69, 9.17) is 22.1 Å². The average Bonchev–Trinajstić information content (AvgIpc) is 3.50. The molecule has 1 aliphatic carbocycles. The molecule has 12 heteroatoms. The molecular formula is C19H15ClF3N5O3. The van der Waals surface area contributed by atoms with Crippen molar-refractivity contribution in [1.29, 1.82) is 0 Å². The zero-order chi connectivity index (χ0) is 22.3. The molecule has 4 rings (SSSR count). The van der Waals surface area contributed by atoms with Crippen LogP contribution in [-0.4, -0.2) is 19.7 Å². The molecule has 0 unspecified atom stereocenters.